The molecule has 3 heterocycles. The van der Waals surface area contributed by atoms with Crippen LogP contribution in [-0.2, 0) is 15.7 Å². The molecule has 5 aromatic rings. The molecular formula is C37H45N7O6Si. The van der Waals surface area contributed by atoms with Crippen molar-refractivity contribution in [3.63, 3.8) is 0 Å². The summed E-state index contributed by atoms with van der Waals surface area (Å²) in [5.74, 6) is -0.354. The van der Waals surface area contributed by atoms with Crippen LogP contribution >= 0.6 is 0 Å². The number of rotatable bonds is 15. The lowest BCUT2D eigenvalue weighted by Gasteiger charge is -2.43. The number of ether oxygens (including phenoxy) is 2. The quantitative estimate of drug-likeness (QED) is 0.114. The smallest absolute Gasteiger partial charge is 0.413 e. The topological polar surface area (TPSA) is 163 Å². The van der Waals surface area contributed by atoms with E-state index in [1.54, 1.807) is 10.9 Å². The molecule has 0 saturated carbocycles. The zero-order chi connectivity index (χ0) is 36.6. The number of nitrogens with one attached hydrogen (secondary N) is 2. The van der Waals surface area contributed by atoms with Gasteiger partial charge in [-0.15, -0.1) is 0 Å². The molecule has 0 aliphatic carbocycles. The average Bonchev–Trinajstić information content (AvgIpc) is 3.52. The van der Waals surface area contributed by atoms with E-state index >= 15 is 0 Å². The van der Waals surface area contributed by atoms with E-state index < -0.39 is 20.4 Å². The van der Waals surface area contributed by atoms with Gasteiger partial charge in [0.1, 0.15) is 11.0 Å². The van der Waals surface area contributed by atoms with Crippen molar-refractivity contribution in [1.29, 1.82) is 0 Å². The molecule has 51 heavy (non-hydrogen) atoms. The summed E-state index contributed by atoms with van der Waals surface area (Å²) in [6.07, 6.45) is 4.46. The number of carbonyl (C=O) groups excluding carboxylic acids is 1. The van der Waals surface area contributed by atoms with Gasteiger partial charge in [0.2, 0.25) is 11.8 Å². The van der Waals surface area contributed by atoms with Crippen LogP contribution in [0, 0.1) is 0 Å². The molecule has 13 nitrogen and oxygen atoms in total. The van der Waals surface area contributed by atoms with E-state index in [1.165, 1.54) is 36.9 Å². The van der Waals surface area contributed by atoms with Gasteiger partial charge >= 0.3 is 12.1 Å². The van der Waals surface area contributed by atoms with Crippen molar-refractivity contribution in [1.82, 2.24) is 24.7 Å². The fourth-order valence-corrected chi connectivity index (χ4v) is 11.0. The first-order chi connectivity index (χ1) is 24.5. The van der Waals surface area contributed by atoms with E-state index in [0.29, 0.717) is 35.4 Å². The summed E-state index contributed by atoms with van der Waals surface area (Å²) in [6.45, 7) is 9.50. The standard InChI is InChI=1S/C37H45N7O6Si/c1-7-14-27(19-20-50-51(37(2,3)4,28-15-10-8-11-16-28)29-17-12-9-13-18-29)40-32-31-30(41-35(42-32)43-36(47)49-6)23-39-44(31)24-26-21-25(34(45)46)22-38-33(26)48-5/h8-13,15-18,21-23,27H,7,14,19-20,24H2,1-6H3,(H,45,46)(H2,40,41,42,43,47)/t27-/m0/s1. The average molecular weight is 712 g/mol. The number of carbonyl (C=O) groups is 2. The minimum atomic E-state index is -2.76. The molecule has 0 spiro atoms. The first-order valence-corrected chi connectivity index (χ1v) is 18.8. The molecule has 268 valence electrons. The van der Waals surface area contributed by atoms with E-state index in [0.717, 1.165) is 12.8 Å². The Morgan fingerprint density at radius 2 is 1.63 bits per heavy atom. The third-order valence-electron chi connectivity index (χ3n) is 8.75. The number of aromatic carboxylic acids is 1. The van der Waals surface area contributed by atoms with Gasteiger partial charge in [0.15, 0.2) is 5.82 Å². The second kappa shape index (κ2) is 16.1. The number of hydrogen-bond acceptors (Lipinski definition) is 10. The number of amides is 1. The Morgan fingerprint density at radius 3 is 2.20 bits per heavy atom. The number of fused-ring (bicyclic) bond motifs is 1. The van der Waals surface area contributed by atoms with Crippen LogP contribution in [0.4, 0.5) is 16.6 Å². The molecule has 3 aromatic heterocycles. The number of carboxylic acids is 1. The van der Waals surface area contributed by atoms with Crippen LogP contribution in [0.15, 0.2) is 79.1 Å². The third-order valence-corrected chi connectivity index (χ3v) is 13.8. The predicted octanol–water partition coefficient (Wildman–Crippen LogP) is 5.70. The molecule has 5 rings (SSSR count). The summed E-state index contributed by atoms with van der Waals surface area (Å²) in [6, 6.07) is 22.5. The number of nitrogens with zero attached hydrogens (tertiary/aromatic N) is 5. The maximum Gasteiger partial charge on any atom is 0.413 e. The van der Waals surface area contributed by atoms with Crippen molar-refractivity contribution in [2.45, 2.75) is 64.6 Å². The van der Waals surface area contributed by atoms with Gasteiger partial charge in [-0.2, -0.15) is 10.1 Å². The normalized spacial score (nSPS) is 12.4. The van der Waals surface area contributed by atoms with E-state index in [2.05, 4.69) is 102 Å². The van der Waals surface area contributed by atoms with Crippen LogP contribution in [0.5, 0.6) is 5.88 Å². The molecule has 0 unspecified atom stereocenters. The van der Waals surface area contributed by atoms with Crippen molar-refractivity contribution in [2.24, 2.45) is 0 Å². The van der Waals surface area contributed by atoms with Crippen molar-refractivity contribution >= 4 is 53.6 Å². The Labute approximate surface area is 298 Å². The van der Waals surface area contributed by atoms with Gasteiger partial charge in [-0.05, 0) is 34.3 Å². The predicted molar refractivity (Wildman–Crippen MR) is 199 cm³/mol. The molecule has 14 heteroatoms. The van der Waals surface area contributed by atoms with Crippen LogP contribution in [0.2, 0.25) is 5.04 Å². The minimum Gasteiger partial charge on any atom is -0.481 e. The summed E-state index contributed by atoms with van der Waals surface area (Å²) in [5.41, 5.74) is 1.54. The first kappa shape index (κ1) is 36.9. The Balaban J connectivity index is 1.50. The molecule has 0 saturated heterocycles. The largest absolute Gasteiger partial charge is 0.481 e. The maximum atomic E-state index is 12.2. The molecule has 0 radical (unpaired) electrons. The highest BCUT2D eigenvalue weighted by atomic mass is 28.4. The van der Waals surface area contributed by atoms with Crippen molar-refractivity contribution in [3.8, 4) is 5.88 Å². The summed E-state index contributed by atoms with van der Waals surface area (Å²) in [7, 11) is -0.0227. The summed E-state index contributed by atoms with van der Waals surface area (Å²) in [4.78, 5) is 37.3. The van der Waals surface area contributed by atoms with Crippen LogP contribution in [-0.4, -0.2) is 77.1 Å². The SMILES string of the molecule is CCC[C@@H](CCO[Si](c1ccccc1)(c1ccccc1)C(C)(C)C)Nc1nc(NC(=O)OC)nc2cnn(Cc3cc(C(=O)O)cnc3OC)c12. The maximum absolute atomic E-state index is 12.2. The number of methoxy groups -OCH3 is 2. The van der Waals surface area contributed by atoms with Gasteiger partial charge in [0.25, 0.3) is 8.32 Å². The van der Waals surface area contributed by atoms with E-state index in [9.17, 15) is 14.7 Å². The Hall–Kier alpha value is -5.34. The summed E-state index contributed by atoms with van der Waals surface area (Å²) < 4.78 is 19.1. The third kappa shape index (κ3) is 8.18. The summed E-state index contributed by atoms with van der Waals surface area (Å²) in [5, 5.41) is 22.6. The molecule has 0 aliphatic heterocycles. The number of carboxylic acid groups (broad SMARTS) is 1. The van der Waals surface area contributed by atoms with Crippen molar-refractivity contribution in [3.05, 3.63) is 90.3 Å². The number of benzene rings is 2. The van der Waals surface area contributed by atoms with Crippen LogP contribution < -0.4 is 25.7 Å². The number of hydrogen-bond donors (Lipinski definition) is 3. The minimum absolute atomic E-state index is 0.0188. The molecule has 2 aromatic carbocycles. The lowest BCUT2D eigenvalue weighted by atomic mass is 10.1. The second-order valence-corrected chi connectivity index (χ2v) is 17.5. The molecule has 0 bridgehead atoms. The lowest BCUT2D eigenvalue weighted by Crippen LogP contribution is -2.66. The fraction of sp³-hybridized carbons (Fsp3) is 0.351. The molecule has 0 fully saturated rings. The number of pyridine rings is 1. The highest BCUT2D eigenvalue weighted by molar-refractivity contribution is 6.99. The molecule has 0 aliphatic rings. The highest BCUT2D eigenvalue weighted by Gasteiger charge is 2.50. The number of aromatic nitrogens is 5. The zero-order valence-electron chi connectivity index (χ0n) is 29.8. The van der Waals surface area contributed by atoms with Crippen molar-refractivity contribution in [2.75, 3.05) is 31.5 Å². The van der Waals surface area contributed by atoms with Crippen LogP contribution in [0.3, 0.4) is 0 Å². The Bertz CT molecular complexity index is 1910. The van der Waals surface area contributed by atoms with Gasteiger partial charge in [-0.1, -0.05) is 94.8 Å². The second-order valence-electron chi connectivity index (χ2n) is 13.2. The first-order valence-electron chi connectivity index (χ1n) is 16.9. The molecule has 1 atom stereocenters. The van der Waals surface area contributed by atoms with E-state index in [1.807, 2.05) is 12.1 Å². The van der Waals surface area contributed by atoms with Crippen LogP contribution in [0.1, 0.15) is 62.9 Å². The van der Waals surface area contributed by atoms with Gasteiger partial charge in [0.05, 0.1) is 32.5 Å². The van der Waals surface area contributed by atoms with E-state index in [-0.39, 0.29) is 35.0 Å². The molecule has 3 N–H and O–H groups in total. The van der Waals surface area contributed by atoms with Crippen molar-refractivity contribution < 1.29 is 28.6 Å². The molecule has 1 amide bonds. The Morgan fingerprint density at radius 1 is 0.961 bits per heavy atom. The lowest BCUT2D eigenvalue weighted by molar-refractivity contribution is 0.0696. The van der Waals surface area contributed by atoms with Gasteiger partial charge < -0.3 is 24.3 Å². The zero-order valence-corrected chi connectivity index (χ0v) is 30.8. The van der Waals surface area contributed by atoms with Crippen LogP contribution in [0.25, 0.3) is 11.0 Å². The highest BCUT2D eigenvalue weighted by Crippen LogP contribution is 2.37. The van der Waals surface area contributed by atoms with Gasteiger partial charge in [0, 0.05) is 24.4 Å². The Kier molecular flexibility index (Phi) is 11.7. The van der Waals surface area contributed by atoms with Gasteiger partial charge in [-0.25, -0.2) is 19.6 Å². The number of anilines is 2. The van der Waals surface area contributed by atoms with E-state index in [4.69, 9.17) is 18.9 Å². The monoisotopic (exact) mass is 711 g/mol. The van der Waals surface area contributed by atoms with Gasteiger partial charge in [-0.3, -0.25) is 10.00 Å². The summed E-state index contributed by atoms with van der Waals surface area (Å²) >= 11 is 0. The fourth-order valence-electron chi connectivity index (χ4n) is 6.44. The molecular weight excluding hydrogens is 667 g/mol.